The average molecular weight is 480 g/mol. The van der Waals surface area contributed by atoms with E-state index >= 15 is 0 Å². The molecule has 26 heavy (non-hydrogen) atoms. The summed E-state index contributed by atoms with van der Waals surface area (Å²) in [6, 6.07) is -0.329. The van der Waals surface area contributed by atoms with Crippen LogP contribution < -0.4 is 10.4 Å². The second-order valence-corrected chi connectivity index (χ2v) is 12.7. The number of unbranched alkanes of at least 4 members (excludes halogenated alkanes) is 3. The Hall–Kier alpha value is 0.950. The van der Waals surface area contributed by atoms with Crippen LogP contribution in [-0.4, -0.2) is 30.4 Å². The molecule has 0 aromatic rings. The van der Waals surface area contributed by atoms with Crippen molar-refractivity contribution >= 4 is 70.0 Å². The second kappa shape index (κ2) is 18.0. The molecule has 0 aliphatic rings. The lowest BCUT2D eigenvalue weighted by molar-refractivity contribution is -0.135. The molecule has 13 heteroatoms. The molecule has 0 heterocycles. The highest BCUT2D eigenvalue weighted by molar-refractivity contribution is 8.41. The summed E-state index contributed by atoms with van der Waals surface area (Å²) in [6.07, 6.45) is 5.48. The van der Waals surface area contributed by atoms with Gasteiger partial charge in [-0.2, -0.15) is 0 Å². The first-order valence-electron chi connectivity index (χ1n) is 8.30. The van der Waals surface area contributed by atoms with Crippen LogP contribution in [0.4, 0.5) is 0 Å². The van der Waals surface area contributed by atoms with E-state index in [0.29, 0.717) is 25.8 Å². The summed E-state index contributed by atoms with van der Waals surface area (Å²) in [4.78, 5) is 34.7. The SMILES string of the molecule is O=C(CCCCCC(=O)OP(P)P)NCCCCC(NP)C(=O)OPP. The lowest BCUT2D eigenvalue weighted by Crippen LogP contribution is -2.31. The van der Waals surface area contributed by atoms with E-state index in [1.54, 1.807) is 0 Å². The fourth-order valence-electron chi connectivity index (χ4n) is 2.08. The van der Waals surface area contributed by atoms with Gasteiger partial charge >= 0.3 is 11.9 Å². The molecule has 0 spiro atoms. The number of hydrogen-bond acceptors (Lipinski definition) is 6. The summed E-state index contributed by atoms with van der Waals surface area (Å²) >= 11 is 0. The minimum Gasteiger partial charge on any atom is -0.443 e. The predicted molar refractivity (Wildman–Crippen MR) is 123 cm³/mol. The summed E-state index contributed by atoms with van der Waals surface area (Å²) in [5, 5.41) is 5.74. The van der Waals surface area contributed by atoms with Gasteiger partial charge in [-0.25, -0.2) is 0 Å². The highest BCUT2D eigenvalue weighted by Gasteiger charge is 2.16. The first kappa shape index (κ1) is 27.0. The Balaban J connectivity index is 3.60. The van der Waals surface area contributed by atoms with Gasteiger partial charge in [0, 0.05) is 19.4 Å². The fourth-order valence-corrected chi connectivity index (χ4v) is 4.02. The van der Waals surface area contributed by atoms with Gasteiger partial charge in [0.2, 0.25) is 5.91 Å². The largest absolute Gasteiger partial charge is 0.443 e. The summed E-state index contributed by atoms with van der Waals surface area (Å²) in [7, 11) is 8.86. The summed E-state index contributed by atoms with van der Waals surface area (Å²) < 4.78 is 10.0. The van der Waals surface area contributed by atoms with E-state index in [4.69, 9.17) is 9.05 Å². The Kier molecular flexibility index (Phi) is 18.7. The predicted octanol–water partition coefficient (Wildman–Crippen LogP) is 3.42. The van der Waals surface area contributed by atoms with Crippen LogP contribution >= 0.6 is 52.2 Å². The number of hydrogen-bond donors (Lipinski definition) is 2. The normalized spacial score (nSPS) is 12.3. The van der Waals surface area contributed by atoms with Gasteiger partial charge < -0.3 is 14.4 Å². The van der Waals surface area contributed by atoms with Gasteiger partial charge in [0.1, 0.15) is 13.6 Å². The number of carbonyl (C=O) groups is 3. The van der Waals surface area contributed by atoms with Gasteiger partial charge in [0.05, 0.1) is 8.50 Å². The monoisotopic (exact) mass is 480 g/mol. The maximum absolute atomic E-state index is 11.7. The molecule has 7 nitrogen and oxygen atoms in total. The van der Waals surface area contributed by atoms with Crippen LogP contribution in [0.25, 0.3) is 0 Å². The standard InChI is InChI=1S/C13H30N2O5P6/c16-11(7-2-1-3-8-12(17)20-26(23)24)14-9-5-4-6-10(15-21)13(18)19-25-22/h10,15,25H,1-9,21-24H2,(H,14,16). The van der Waals surface area contributed by atoms with Crippen LogP contribution in [0.2, 0.25) is 0 Å². The molecule has 0 radical (unpaired) electrons. The van der Waals surface area contributed by atoms with E-state index in [2.05, 4.69) is 46.6 Å². The molecule has 0 fully saturated rings. The smallest absolute Gasteiger partial charge is 0.326 e. The zero-order valence-corrected chi connectivity index (χ0v) is 21.3. The zero-order valence-electron chi connectivity index (χ0n) is 14.7. The molecular weight excluding hydrogens is 450 g/mol. The molecule has 6 unspecified atom stereocenters. The van der Waals surface area contributed by atoms with Crippen molar-refractivity contribution < 1.29 is 23.4 Å². The second-order valence-electron chi connectivity index (χ2n) is 5.49. The van der Waals surface area contributed by atoms with Crippen molar-refractivity contribution in [3.8, 4) is 0 Å². The molecule has 1 amide bonds. The van der Waals surface area contributed by atoms with Gasteiger partial charge in [0.25, 0.3) is 0 Å². The third-order valence-electron chi connectivity index (χ3n) is 3.38. The Morgan fingerprint density at radius 2 is 1.73 bits per heavy atom. The number of carbonyl (C=O) groups excluding carboxylic acids is 3. The highest BCUT2D eigenvalue weighted by Crippen LogP contribution is 2.53. The maximum Gasteiger partial charge on any atom is 0.326 e. The minimum absolute atomic E-state index is 0.0235. The molecule has 0 aromatic heterocycles. The molecule has 6 atom stereocenters. The van der Waals surface area contributed by atoms with E-state index in [0.717, 1.165) is 32.1 Å². The van der Waals surface area contributed by atoms with Crippen molar-refractivity contribution in [2.75, 3.05) is 6.54 Å². The Morgan fingerprint density at radius 1 is 1.04 bits per heavy atom. The van der Waals surface area contributed by atoms with Gasteiger partial charge in [-0.3, -0.25) is 19.5 Å². The molecule has 2 N–H and O–H groups in total. The van der Waals surface area contributed by atoms with Crippen molar-refractivity contribution in [1.29, 1.82) is 0 Å². The molecule has 0 rings (SSSR count). The molecule has 0 aliphatic carbocycles. The van der Waals surface area contributed by atoms with Crippen molar-refractivity contribution in [1.82, 2.24) is 10.4 Å². The Labute approximate surface area is 168 Å². The van der Waals surface area contributed by atoms with E-state index in [1.165, 1.54) is 0 Å². The van der Waals surface area contributed by atoms with E-state index in [-0.39, 0.29) is 32.4 Å². The van der Waals surface area contributed by atoms with Crippen LogP contribution in [0.15, 0.2) is 0 Å². The van der Waals surface area contributed by atoms with E-state index in [1.807, 2.05) is 0 Å². The van der Waals surface area contributed by atoms with Crippen LogP contribution in [0.5, 0.6) is 0 Å². The molecule has 0 saturated carbocycles. The molecule has 152 valence electrons. The van der Waals surface area contributed by atoms with E-state index in [9.17, 15) is 14.4 Å². The zero-order chi connectivity index (χ0) is 19.8. The van der Waals surface area contributed by atoms with Crippen LogP contribution in [0, 0.1) is 0 Å². The average Bonchev–Trinajstić information content (AvgIpc) is 2.57. The summed E-state index contributed by atoms with van der Waals surface area (Å²) in [5.41, 5.74) is 0. The number of nitrogens with one attached hydrogen (secondary N) is 2. The quantitative estimate of drug-likeness (QED) is 0.276. The van der Waals surface area contributed by atoms with Gasteiger partial charge in [-0.05, 0) is 32.1 Å². The third kappa shape index (κ3) is 16.0. The van der Waals surface area contributed by atoms with Crippen molar-refractivity contribution in [3.05, 3.63) is 0 Å². The van der Waals surface area contributed by atoms with Crippen molar-refractivity contribution in [2.45, 2.75) is 57.4 Å². The topological polar surface area (TPSA) is 93.7 Å². The summed E-state index contributed by atoms with van der Waals surface area (Å²) in [5.74, 6) is -0.422. The first-order chi connectivity index (χ1) is 12.4. The third-order valence-corrected chi connectivity index (χ3v) is 5.50. The lowest BCUT2D eigenvalue weighted by atomic mass is 10.1. The molecule has 0 bridgehead atoms. The van der Waals surface area contributed by atoms with Crippen LogP contribution in [0.1, 0.15) is 51.4 Å². The van der Waals surface area contributed by atoms with Gasteiger partial charge in [-0.1, -0.05) is 42.6 Å². The minimum atomic E-state index is -0.808. The molecule has 0 saturated heterocycles. The Bertz CT molecular complexity index is 430. The number of rotatable bonds is 15. The van der Waals surface area contributed by atoms with Crippen LogP contribution in [0.3, 0.4) is 0 Å². The molecule has 0 aromatic carbocycles. The van der Waals surface area contributed by atoms with Crippen LogP contribution in [-0.2, 0) is 23.4 Å². The highest BCUT2D eigenvalue weighted by atomic mass is 32.4. The van der Waals surface area contributed by atoms with Gasteiger partial charge in [-0.15, -0.1) is 0 Å². The molecule has 0 aliphatic heterocycles. The first-order valence-corrected chi connectivity index (χ1v) is 16.1. The Morgan fingerprint density at radius 3 is 2.35 bits per heavy atom. The van der Waals surface area contributed by atoms with Crippen molar-refractivity contribution in [2.24, 2.45) is 0 Å². The summed E-state index contributed by atoms with van der Waals surface area (Å²) in [6.45, 7) is 0.598. The fraction of sp³-hybridized carbons (Fsp3) is 0.769. The number of amides is 1. The van der Waals surface area contributed by atoms with E-state index < -0.39 is 7.53 Å². The van der Waals surface area contributed by atoms with Crippen molar-refractivity contribution in [3.63, 3.8) is 0 Å². The maximum atomic E-state index is 11.7. The van der Waals surface area contributed by atoms with Gasteiger partial charge in [0.15, 0.2) is 0 Å². The lowest BCUT2D eigenvalue weighted by Gasteiger charge is -2.14. The molecular formula is C13H30N2O5P6.